The van der Waals surface area contributed by atoms with Gasteiger partial charge >= 0.3 is 0 Å². The predicted molar refractivity (Wildman–Crippen MR) is 114 cm³/mol. The van der Waals surface area contributed by atoms with Crippen molar-refractivity contribution in [3.63, 3.8) is 0 Å². The number of carbonyl (C=O) groups excluding carboxylic acids is 1. The third-order valence-electron chi connectivity index (χ3n) is 4.80. The highest BCUT2D eigenvalue weighted by Crippen LogP contribution is 2.47. The van der Waals surface area contributed by atoms with E-state index < -0.39 is 13.3 Å². The first-order chi connectivity index (χ1) is 13.8. The summed E-state index contributed by atoms with van der Waals surface area (Å²) in [6.45, 7) is 0. The average molecular weight is 429 g/mol. The van der Waals surface area contributed by atoms with E-state index in [-0.39, 0.29) is 11.0 Å². The number of halogens is 1. The van der Waals surface area contributed by atoms with E-state index in [1.54, 1.807) is 42.6 Å². The second-order valence-corrected chi connectivity index (χ2v) is 9.42. The van der Waals surface area contributed by atoms with E-state index in [9.17, 15) is 9.36 Å². The molecule has 2 aromatic carbocycles. The number of nitrogens with zero attached hydrogens (tertiary/aromatic N) is 2. The number of carbonyl (C=O) groups is 1. The largest absolute Gasteiger partial charge is 0.364 e. The Bertz CT molecular complexity index is 1290. The van der Waals surface area contributed by atoms with Crippen molar-refractivity contribution in [1.29, 1.82) is 0 Å². The van der Waals surface area contributed by atoms with E-state index in [1.807, 2.05) is 23.9 Å². The highest BCUT2D eigenvalue weighted by atomic mass is 35.5. The molecule has 0 bridgehead atoms. The van der Waals surface area contributed by atoms with Gasteiger partial charge in [-0.2, -0.15) is 0 Å². The predicted octanol–water partition coefficient (Wildman–Crippen LogP) is 3.20. The second-order valence-electron chi connectivity index (χ2n) is 6.55. The van der Waals surface area contributed by atoms with Crippen molar-refractivity contribution in [3.05, 3.63) is 65.6 Å². The minimum absolute atomic E-state index is 0.0369. The van der Waals surface area contributed by atoms with Gasteiger partial charge in [-0.1, -0.05) is 23.7 Å². The molecule has 29 heavy (non-hydrogen) atoms. The molecule has 1 amide bonds. The number of nitrogens with two attached hydrogens (primary N) is 1. The Labute approximate surface area is 171 Å². The van der Waals surface area contributed by atoms with Gasteiger partial charge in [0, 0.05) is 53.3 Å². The lowest BCUT2D eigenvalue weighted by atomic mass is 10.2. The Morgan fingerprint density at radius 3 is 2.72 bits per heavy atom. The van der Waals surface area contributed by atoms with Crippen LogP contribution in [0.25, 0.3) is 22.3 Å². The number of hydrogen-bond acceptors (Lipinski definition) is 4. The van der Waals surface area contributed by atoms with Crippen molar-refractivity contribution in [1.82, 2.24) is 14.5 Å². The quantitative estimate of drug-likeness (QED) is 0.476. The monoisotopic (exact) mass is 428 g/mol. The molecule has 0 radical (unpaired) electrons. The van der Waals surface area contributed by atoms with Crippen LogP contribution in [-0.2, 0) is 16.1 Å². The molecule has 9 heteroatoms. The van der Waals surface area contributed by atoms with Crippen molar-refractivity contribution in [2.45, 2.75) is 0 Å². The summed E-state index contributed by atoms with van der Waals surface area (Å²) < 4.78 is 21.6. The fourth-order valence-corrected chi connectivity index (χ4v) is 5.81. The smallest absolute Gasteiger partial charge is 0.266 e. The summed E-state index contributed by atoms with van der Waals surface area (Å²) in [4.78, 5) is 19.4. The Balaban J connectivity index is 2.00. The molecule has 0 fully saturated rings. The molecule has 3 N–H and O–H groups in total. The van der Waals surface area contributed by atoms with Gasteiger partial charge in [-0.15, -0.1) is 0 Å². The lowest BCUT2D eigenvalue weighted by molar-refractivity contribution is 0.0997. The fourth-order valence-electron chi connectivity index (χ4n) is 3.43. The SMILES string of the molecule is COP(=O)(c1cccc(-c2nccn2C)c1)c1c(C(N)=O)[nH]c2ccc(Cl)cc12. The third kappa shape index (κ3) is 3.17. The first-order valence-electron chi connectivity index (χ1n) is 8.71. The Morgan fingerprint density at radius 2 is 2.07 bits per heavy atom. The second kappa shape index (κ2) is 7.19. The summed E-state index contributed by atoms with van der Waals surface area (Å²) in [6.07, 6.45) is 3.51. The van der Waals surface area contributed by atoms with Crippen molar-refractivity contribution < 1.29 is 13.9 Å². The molecule has 0 aliphatic carbocycles. The van der Waals surface area contributed by atoms with Crippen LogP contribution in [0, 0.1) is 0 Å². The summed E-state index contributed by atoms with van der Waals surface area (Å²) in [7, 11) is -0.463. The molecule has 7 nitrogen and oxygen atoms in total. The van der Waals surface area contributed by atoms with E-state index in [1.165, 1.54) is 7.11 Å². The number of imidazole rings is 1. The molecule has 1 atom stereocenters. The molecule has 0 saturated carbocycles. The molecule has 148 valence electrons. The molecular weight excluding hydrogens is 411 g/mol. The van der Waals surface area contributed by atoms with Crippen LogP contribution in [0.1, 0.15) is 10.5 Å². The molecule has 4 rings (SSSR count). The number of primary amides is 1. The molecular formula is C20H18ClN4O3P. The average Bonchev–Trinajstić information content (AvgIpc) is 3.31. The Morgan fingerprint density at radius 1 is 1.28 bits per heavy atom. The molecule has 2 aromatic heterocycles. The Hall–Kier alpha value is -2.86. The first kappa shape index (κ1) is 19.5. The zero-order chi connectivity index (χ0) is 20.8. The number of aryl methyl sites for hydroxylation is 1. The number of amides is 1. The van der Waals surface area contributed by atoms with E-state index in [2.05, 4.69) is 9.97 Å². The number of fused-ring (bicyclic) bond motifs is 1. The molecule has 4 aromatic rings. The van der Waals surface area contributed by atoms with Crippen LogP contribution < -0.4 is 16.3 Å². The number of benzene rings is 2. The molecule has 2 heterocycles. The maximum atomic E-state index is 14.2. The maximum absolute atomic E-state index is 14.2. The van der Waals surface area contributed by atoms with Crippen LogP contribution in [0.15, 0.2) is 54.9 Å². The van der Waals surface area contributed by atoms with Crippen molar-refractivity contribution >= 4 is 46.4 Å². The maximum Gasteiger partial charge on any atom is 0.266 e. The van der Waals surface area contributed by atoms with Gasteiger partial charge in [0.1, 0.15) is 11.5 Å². The summed E-state index contributed by atoms with van der Waals surface area (Å²) in [5.74, 6) is -0.0172. The minimum atomic E-state index is -3.69. The highest BCUT2D eigenvalue weighted by molar-refractivity contribution is 7.75. The van der Waals surface area contributed by atoms with Crippen molar-refractivity contribution in [2.24, 2.45) is 12.8 Å². The van der Waals surface area contributed by atoms with Gasteiger partial charge in [-0.05, 0) is 30.3 Å². The standard InChI is InChI=1S/C20H18ClN4O3P/c1-25-9-8-23-20(25)12-4-3-5-14(10-12)29(27,28-2)18-15-11-13(21)6-7-16(15)24-17(18)19(22)26/h3-11,24H,1-2H3,(H2,22,26). The third-order valence-corrected chi connectivity index (χ3v) is 7.56. The zero-order valence-electron chi connectivity index (χ0n) is 15.7. The molecule has 0 spiro atoms. The van der Waals surface area contributed by atoms with Crippen LogP contribution in [0.2, 0.25) is 5.02 Å². The summed E-state index contributed by atoms with van der Waals surface area (Å²) in [5.41, 5.74) is 6.98. The molecule has 0 saturated heterocycles. The zero-order valence-corrected chi connectivity index (χ0v) is 17.4. The summed E-state index contributed by atoms with van der Waals surface area (Å²) >= 11 is 6.16. The fraction of sp³-hybridized carbons (Fsp3) is 0.100. The first-order valence-corrected chi connectivity index (χ1v) is 10.7. The normalized spacial score (nSPS) is 13.5. The number of aromatic amines is 1. The number of nitrogens with one attached hydrogen (secondary N) is 1. The van der Waals surface area contributed by atoms with Crippen molar-refractivity contribution in [3.8, 4) is 11.4 Å². The van der Waals surface area contributed by atoms with E-state index in [0.717, 1.165) is 5.56 Å². The van der Waals surface area contributed by atoms with Gasteiger partial charge in [0.2, 0.25) is 0 Å². The number of aromatic nitrogens is 3. The van der Waals surface area contributed by atoms with Gasteiger partial charge in [0.05, 0.1) is 5.30 Å². The number of hydrogen-bond donors (Lipinski definition) is 2. The van der Waals surface area contributed by atoms with Crippen LogP contribution in [-0.4, -0.2) is 27.6 Å². The summed E-state index contributed by atoms with van der Waals surface area (Å²) in [5, 5.41) is 1.60. The molecule has 0 aliphatic rings. The lowest BCUT2D eigenvalue weighted by Crippen LogP contribution is -2.26. The summed E-state index contributed by atoms with van der Waals surface area (Å²) in [6, 6.07) is 12.1. The van der Waals surface area contributed by atoms with Gasteiger partial charge in [0.15, 0.2) is 0 Å². The molecule has 1 unspecified atom stereocenters. The molecule has 0 aliphatic heterocycles. The van der Waals surface area contributed by atoms with Crippen LogP contribution in [0.5, 0.6) is 0 Å². The Kier molecular flexibility index (Phi) is 4.82. The van der Waals surface area contributed by atoms with E-state index in [0.29, 0.717) is 27.1 Å². The lowest BCUT2D eigenvalue weighted by Gasteiger charge is -2.18. The van der Waals surface area contributed by atoms with E-state index >= 15 is 0 Å². The highest BCUT2D eigenvalue weighted by Gasteiger charge is 2.35. The van der Waals surface area contributed by atoms with Gasteiger partial charge < -0.3 is 19.8 Å². The number of rotatable bonds is 5. The van der Waals surface area contributed by atoms with Crippen LogP contribution in [0.4, 0.5) is 0 Å². The number of H-pyrrole nitrogens is 1. The van der Waals surface area contributed by atoms with Crippen LogP contribution >= 0.6 is 19.0 Å². The topological polar surface area (TPSA) is 103 Å². The van der Waals surface area contributed by atoms with Gasteiger partial charge in [-0.3, -0.25) is 9.36 Å². The van der Waals surface area contributed by atoms with E-state index in [4.69, 9.17) is 21.9 Å². The van der Waals surface area contributed by atoms with Gasteiger partial charge in [0.25, 0.3) is 13.3 Å². The van der Waals surface area contributed by atoms with Crippen LogP contribution in [0.3, 0.4) is 0 Å². The minimum Gasteiger partial charge on any atom is -0.364 e. The van der Waals surface area contributed by atoms with Crippen molar-refractivity contribution in [2.75, 3.05) is 7.11 Å². The van der Waals surface area contributed by atoms with Gasteiger partial charge in [-0.25, -0.2) is 4.98 Å².